The summed E-state index contributed by atoms with van der Waals surface area (Å²) in [7, 11) is 0. The number of aryl methyl sites for hydroxylation is 18. The first-order chi connectivity index (χ1) is 66.3. The molecular formula is C136H153F3O2. The highest BCUT2D eigenvalue weighted by Gasteiger charge is 2.54. The molecule has 17 aromatic rings. The Morgan fingerprint density at radius 2 is 0.447 bits per heavy atom. The Kier molecular flexibility index (Phi) is 34.7. The van der Waals surface area contributed by atoms with Crippen molar-refractivity contribution in [2.24, 2.45) is 0 Å². The third kappa shape index (κ3) is 23.4. The first-order valence-electron chi connectivity index (χ1n) is 50.0. The number of aromatic hydroxyl groups is 2. The van der Waals surface area contributed by atoms with Gasteiger partial charge >= 0.3 is 6.18 Å². The van der Waals surface area contributed by atoms with Crippen molar-refractivity contribution in [3.63, 3.8) is 0 Å². The predicted molar refractivity (Wildman–Crippen MR) is 604 cm³/mol. The molecule has 2 bridgehead atoms. The van der Waals surface area contributed by atoms with Crippen LogP contribution in [-0.4, -0.2) is 16.4 Å². The zero-order valence-corrected chi connectivity index (χ0v) is 91.4. The lowest BCUT2D eigenvalue weighted by Crippen LogP contribution is -2.40. The highest BCUT2D eigenvalue weighted by Crippen LogP contribution is 2.56. The summed E-state index contributed by atoms with van der Waals surface area (Å²) in [6.45, 7) is 76.7. The highest BCUT2D eigenvalue weighted by atomic mass is 19.4. The van der Waals surface area contributed by atoms with Gasteiger partial charge in [-0.3, -0.25) is 0 Å². The van der Waals surface area contributed by atoms with Gasteiger partial charge in [-0.15, -0.1) is 0 Å². The van der Waals surface area contributed by atoms with Gasteiger partial charge in [-0.05, 0) is 544 Å². The van der Waals surface area contributed by atoms with E-state index in [0.717, 1.165) is 6.92 Å². The van der Waals surface area contributed by atoms with E-state index >= 15 is 0 Å². The van der Waals surface area contributed by atoms with E-state index in [1.807, 2.05) is 0 Å². The Hall–Kier alpha value is -13.1. The number of hydrogen-bond donors (Lipinski definition) is 2. The van der Waals surface area contributed by atoms with Gasteiger partial charge in [-0.25, -0.2) is 0 Å². The number of rotatable bonds is 4. The topological polar surface area (TPSA) is 40.5 Å². The summed E-state index contributed by atoms with van der Waals surface area (Å²) in [5, 5.41) is 27.2. The van der Waals surface area contributed by atoms with E-state index < -0.39 is 11.6 Å². The van der Waals surface area contributed by atoms with Crippen LogP contribution >= 0.6 is 0 Å². The first kappa shape index (κ1) is 108. The fourth-order valence-corrected chi connectivity index (χ4v) is 20.0. The zero-order valence-electron chi connectivity index (χ0n) is 91.4. The van der Waals surface area contributed by atoms with Gasteiger partial charge in [0.2, 0.25) is 0 Å². The second-order valence-electron chi connectivity index (χ2n) is 40.9. The lowest BCUT2D eigenvalue weighted by atomic mass is 9.61. The second kappa shape index (κ2) is 45.2. The Morgan fingerprint density at radius 3 is 0.738 bits per heavy atom. The molecule has 0 aliphatic heterocycles. The average Bonchev–Trinajstić information content (AvgIpc) is 0.698. The van der Waals surface area contributed by atoms with E-state index in [9.17, 15) is 23.4 Å². The molecule has 0 heterocycles. The minimum Gasteiger partial charge on any atom is -0.508 e. The van der Waals surface area contributed by atoms with Gasteiger partial charge in [0.25, 0.3) is 0 Å². The largest absolute Gasteiger partial charge is 0.508 e. The Bertz CT molecular complexity index is 6850. The number of fused-ring (bicyclic) bond motifs is 3. The number of alkyl halides is 3. The van der Waals surface area contributed by atoms with E-state index in [1.165, 1.54) is 308 Å². The van der Waals surface area contributed by atoms with Gasteiger partial charge in [-0.2, -0.15) is 13.2 Å². The molecule has 0 amide bonds. The molecule has 0 aromatic heterocycles. The smallest absolute Gasteiger partial charge is 0.402 e. The second-order valence-corrected chi connectivity index (χ2v) is 40.9. The molecule has 0 saturated carbocycles. The Balaban J connectivity index is 0.000000155. The zero-order chi connectivity index (χ0) is 104. The lowest BCUT2D eigenvalue weighted by molar-refractivity contribution is -0.173. The summed E-state index contributed by atoms with van der Waals surface area (Å²) in [5.41, 5.74) is 59.6. The molecule has 2 N–H and O–H groups in total. The molecule has 730 valence electrons. The minimum absolute atomic E-state index is 0.0420. The maximum atomic E-state index is 13.8. The summed E-state index contributed by atoms with van der Waals surface area (Å²) in [4.78, 5) is 0. The van der Waals surface area contributed by atoms with Crippen molar-refractivity contribution in [3.05, 3.63) is 488 Å². The van der Waals surface area contributed by atoms with Crippen LogP contribution in [0.25, 0.3) is 54.6 Å². The molecule has 0 fully saturated rings. The Morgan fingerprint density at radius 1 is 0.191 bits per heavy atom. The summed E-state index contributed by atoms with van der Waals surface area (Å²) < 4.78 is 41.4. The summed E-state index contributed by atoms with van der Waals surface area (Å²) in [6, 6.07) is 85.8. The molecule has 0 saturated heterocycles. The predicted octanol–water partition coefficient (Wildman–Crippen LogP) is 38.0. The molecule has 141 heavy (non-hydrogen) atoms. The van der Waals surface area contributed by atoms with E-state index in [4.69, 9.17) is 0 Å². The van der Waals surface area contributed by atoms with E-state index in [1.54, 1.807) is 13.8 Å². The molecule has 2 nitrogen and oxygen atoms in total. The molecule has 2 atom stereocenters. The third-order valence-corrected chi connectivity index (χ3v) is 32.4. The summed E-state index contributed by atoms with van der Waals surface area (Å²) >= 11 is 0. The maximum Gasteiger partial charge on any atom is 0.402 e. The van der Waals surface area contributed by atoms with Crippen molar-refractivity contribution in [2.45, 2.75) is 273 Å². The molecule has 0 radical (unpaired) electrons. The standard InChI is InChI=1S/C24H22.C22H18.C18H22.C17H17F3O2.C12H12.2C12H18.C11H16.C8H10/c1-15-13-23(21-11-7-5-9-19(21)17(15)3)24-14-16(2)18(4)20-10-6-8-12-22(20)24;1-13-7-9-17-19(11-13)21-15-5-3-4-6-16(15)22(17)20-12-14(2)8-10-18(20)21;1-11-7-17(8-12(2)15(11)5)18-9-13(3)16(6)14(4)10-18;1-10-8-12(4-6-14(10)21)16(3,17(18,19)20)13-5-7-15(22)11(2)9-13;1-9-7-11-5-3-4-6-12(11)8-10(9)2;2*1-7-8(2)10(4)12(6)11(5)9(7)3;1-7-6-8(2)10(4)11(5)9(7)3;1-7-5-3-4-6-8(7)2/h5-14H,1-4H3;3-12,21-22H,1-2H3;7-10H,1-6H3;4-9,21-22H,1-3H3;3-8H,1-2H3;2*1-6H3;6H,1-5H3;3-6H,1-2H3. The van der Waals surface area contributed by atoms with Crippen LogP contribution in [0.15, 0.2) is 249 Å². The molecule has 0 spiro atoms. The number of halogens is 3. The van der Waals surface area contributed by atoms with Gasteiger partial charge in [0.1, 0.15) is 16.9 Å². The minimum atomic E-state index is -4.53. The van der Waals surface area contributed by atoms with Gasteiger partial charge in [0.15, 0.2) is 0 Å². The highest BCUT2D eigenvalue weighted by molar-refractivity contribution is 6.08. The fraction of sp³-hybridized carbons (Fsp3) is 0.294. The van der Waals surface area contributed by atoms with Gasteiger partial charge < -0.3 is 10.2 Å². The van der Waals surface area contributed by atoms with Crippen LogP contribution in [0.4, 0.5) is 13.2 Å². The van der Waals surface area contributed by atoms with Gasteiger partial charge in [-0.1, -0.05) is 248 Å². The molecule has 2 unspecified atom stereocenters. The number of benzene rings is 17. The van der Waals surface area contributed by atoms with Crippen molar-refractivity contribution in [3.8, 4) is 33.8 Å². The number of hydrogen-bond acceptors (Lipinski definition) is 2. The normalized spacial score (nSPS) is 12.4. The van der Waals surface area contributed by atoms with Crippen LogP contribution in [0, 0.1) is 242 Å². The van der Waals surface area contributed by atoms with Gasteiger partial charge in [0.05, 0.1) is 0 Å². The fourth-order valence-electron chi connectivity index (χ4n) is 20.0. The first-order valence-corrected chi connectivity index (χ1v) is 50.0. The average molecular weight is 1880 g/mol. The molecular weight excluding hydrogens is 1720 g/mol. The SMILES string of the molecule is Cc1c(C)c(C)c(C)c(C)c1C.Cc1c(C)c(C)c(C)c(C)c1C.Cc1cc(-c2cc(C)c(C)c(C)c2)cc(C)c1C.Cc1cc(-c2cc(C)c(C)c3ccccc23)c2ccccc2c1C.Cc1cc(C(C)(c2ccc(O)c(C)c2)C(F)(F)F)ccc1O.Cc1cc(C)c(C)c(C)c1C.Cc1cc2ccccc2cc1C.Cc1ccc2c(c1)C1c3ccccc3C2c2cc(C)ccc21.Cc1ccccc1C. The number of phenolic OH excluding ortho intramolecular Hbond substituents is 2. The number of phenols is 2. The molecule has 3 aliphatic rings. The van der Waals surface area contributed by atoms with E-state index in [2.05, 4.69) is 441 Å². The van der Waals surface area contributed by atoms with Crippen LogP contribution in [0.1, 0.15) is 258 Å². The van der Waals surface area contributed by atoms with E-state index in [-0.39, 0.29) is 22.6 Å². The lowest BCUT2D eigenvalue weighted by Gasteiger charge is -2.42. The van der Waals surface area contributed by atoms with Crippen LogP contribution in [0.2, 0.25) is 0 Å². The monoisotopic (exact) mass is 1880 g/mol. The molecule has 3 aliphatic carbocycles. The quantitative estimate of drug-likeness (QED) is 0.184. The van der Waals surface area contributed by atoms with Crippen LogP contribution < -0.4 is 0 Å². The summed E-state index contributed by atoms with van der Waals surface area (Å²) in [6.07, 6.45) is -4.53. The maximum absolute atomic E-state index is 13.8. The van der Waals surface area contributed by atoms with Crippen LogP contribution in [-0.2, 0) is 5.41 Å². The van der Waals surface area contributed by atoms with Crippen LogP contribution in [0.5, 0.6) is 11.5 Å². The molecule has 20 rings (SSSR count). The van der Waals surface area contributed by atoms with E-state index in [0.29, 0.717) is 23.0 Å². The van der Waals surface area contributed by atoms with Crippen molar-refractivity contribution < 1.29 is 23.4 Å². The van der Waals surface area contributed by atoms with Crippen molar-refractivity contribution in [1.82, 2.24) is 0 Å². The third-order valence-electron chi connectivity index (χ3n) is 32.4. The van der Waals surface area contributed by atoms with Gasteiger partial charge in [0, 0.05) is 11.8 Å². The van der Waals surface area contributed by atoms with Crippen molar-refractivity contribution in [1.29, 1.82) is 0 Å². The summed E-state index contributed by atoms with van der Waals surface area (Å²) in [5.74, 6) is 0.726. The Labute approximate surface area is 844 Å². The van der Waals surface area contributed by atoms with Crippen molar-refractivity contribution in [2.75, 3.05) is 0 Å². The molecule has 5 heteroatoms. The van der Waals surface area contributed by atoms with Crippen LogP contribution in [0.3, 0.4) is 0 Å². The molecule has 17 aromatic carbocycles. The van der Waals surface area contributed by atoms with Crippen molar-refractivity contribution >= 4 is 32.3 Å².